The lowest BCUT2D eigenvalue weighted by Gasteiger charge is -2.30. The maximum atomic E-state index is 4.61. The summed E-state index contributed by atoms with van der Waals surface area (Å²) in [7, 11) is 2.12. The van der Waals surface area contributed by atoms with Crippen LogP contribution in [0, 0.1) is 24.7 Å². The van der Waals surface area contributed by atoms with Gasteiger partial charge in [-0.1, -0.05) is 6.42 Å². The Labute approximate surface area is 108 Å². The number of hydrogen-bond acceptors (Lipinski definition) is 3. The minimum atomic E-state index is 0.645. The van der Waals surface area contributed by atoms with Crippen LogP contribution in [0.2, 0.25) is 0 Å². The highest BCUT2D eigenvalue weighted by molar-refractivity contribution is 7.09. The molecular weight excluding hydrogens is 228 g/mol. The van der Waals surface area contributed by atoms with Crippen LogP contribution in [0.5, 0.6) is 0 Å². The maximum absolute atomic E-state index is 4.61. The van der Waals surface area contributed by atoms with Crippen molar-refractivity contribution in [1.82, 2.24) is 10.3 Å². The fourth-order valence-electron chi connectivity index (χ4n) is 3.98. The Morgan fingerprint density at radius 3 is 2.88 bits per heavy atom. The third-order valence-electron chi connectivity index (χ3n) is 4.78. The van der Waals surface area contributed by atoms with E-state index < -0.39 is 0 Å². The molecule has 2 saturated carbocycles. The Morgan fingerprint density at radius 1 is 1.47 bits per heavy atom. The van der Waals surface area contributed by atoms with Crippen LogP contribution in [0.15, 0.2) is 5.38 Å². The van der Waals surface area contributed by atoms with Gasteiger partial charge in [-0.2, -0.15) is 0 Å². The SMILES string of the molecule is CNC(Cc1csc(C)n1)C1CC2CCC1C2. The molecule has 4 atom stereocenters. The van der Waals surface area contributed by atoms with Crippen LogP contribution in [-0.2, 0) is 6.42 Å². The molecule has 0 saturated heterocycles. The first-order valence-corrected chi connectivity index (χ1v) is 7.72. The van der Waals surface area contributed by atoms with Gasteiger partial charge in [-0.05, 0) is 51.0 Å². The molecule has 3 heteroatoms. The number of rotatable bonds is 4. The second-order valence-corrected chi connectivity index (χ2v) is 6.86. The fraction of sp³-hybridized carbons (Fsp3) is 0.786. The molecule has 2 aliphatic rings. The summed E-state index contributed by atoms with van der Waals surface area (Å²) in [6, 6.07) is 0.645. The van der Waals surface area contributed by atoms with Crippen molar-refractivity contribution < 1.29 is 0 Å². The summed E-state index contributed by atoms with van der Waals surface area (Å²) in [5.74, 6) is 2.94. The smallest absolute Gasteiger partial charge is 0.0897 e. The number of likely N-dealkylation sites (N-methyl/N-ethyl adjacent to an activating group) is 1. The first kappa shape index (κ1) is 11.7. The maximum Gasteiger partial charge on any atom is 0.0897 e. The van der Waals surface area contributed by atoms with Crippen molar-refractivity contribution in [3.8, 4) is 0 Å². The van der Waals surface area contributed by atoms with Crippen molar-refractivity contribution in [3.05, 3.63) is 16.1 Å². The average molecular weight is 250 g/mol. The molecular formula is C14H22N2S. The van der Waals surface area contributed by atoms with E-state index in [9.17, 15) is 0 Å². The second-order valence-electron chi connectivity index (χ2n) is 5.80. The number of fused-ring (bicyclic) bond motifs is 2. The van der Waals surface area contributed by atoms with E-state index in [1.165, 1.54) is 36.4 Å². The van der Waals surface area contributed by atoms with E-state index in [1.54, 1.807) is 11.3 Å². The highest BCUT2D eigenvalue weighted by Gasteiger charge is 2.42. The molecule has 0 amide bonds. The summed E-state index contributed by atoms with van der Waals surface area (Å²) >= 11 is 1.78. The molecule has 2 nitrogen and oxygen atoms in total. The number of nitrogens with zero attached hydrogens (tertiary/aromatic N) is 1. The topological polar surface area (TPSA) is 24.9 Å². The van der Waals surface area contributed by atoms with Crippen LogP contribution in [0.25, 0.3) is 0 Å². The number of nitrogens with one attached hydrogen (secondary N) is 1. The van der Waals surface area contributed by atoms with E-state index in [4.69, 9.17) is 0 Å². The van der Waals surface area contributed by atoms with Crippen molar-refractivity contribution in [2.45, 2.75) is 45.1 Å². The summed E-state index contributed by atoms with van der Waals surface area (Å²) < 4.78 is 0. The molecule has 1 N–H and O–H groups in total. The van der Waals surface area contributed by atoms with Gasteiger partial charge < -0.3 is 5.32 Å². The van der Waals surface area contributed by atoms with Gasteiger partial charge in [0, 0.05) is 17.8 Å². The Kier molecular flexibility index (Phi) is 3.22. The Bertz CT molecular complexity index is 387. The third kappa shape index (κ3) is 2.27. The summed E-state index contributed by atoms with van der Waals surface area (Å²) in [6.45, 7) is 2.10. The summed E-state index contributed by atoms with van der Waals surface area (Å²) in [5.41, 5.74) is 1.29. The van der Waals surface area contributed by atoms with Gasteiger partial charge in [-0.15, -0.1) is 11.3 Å². The zero-order chi connectivity index (χ0) is 11.8. The van der Waals surface area contributed by atoms with Gasteiger partial charge in [0.2, 0.25) is 0 Å². The molecule has 2 bridgehead atoms. The lowest BCUT2D eigenvalue weighted by atomic mass is 9.82. The summed E-state index contributed by atoms with van der Waals surface area (Å²) in [5, 5.41) is 6.98. The molecule has 2 fully saturated rings. The molecule has 2 aliphatic carbocycles. The van der Waals surface area contributed by atoms with E-state index in [0.717, 1.165) is 24.2 Å². The lowest BCUT2D eigenvalue weighted by Crippen LogP contribution is -2.38. The van der Waals surface area contributed by atoms with Crippen LogP contribution >= 0.6 is 11.3 Å². The van der Waals surface area contributed by atoms with Gasteiger partial charge in [0.1, 0.15) is 0 Å². The minimum absolute atomic E-state index is 0.645. The number of hydrogen-bond donors (Lipinski definition) is 1. The van der Waals surface area contributed by atoms with Gasteiger partial charge in [0.25, 0.3) is 0 Å². The first-order chi connectivity index (χ1) is 8.26. The molecule has 0 radical (unpaired) electrons. The molecule has 1 heterocycles. The quantitative estimate of drug-likeness (QED) is 0.888. The second kappa shape index (κ2) is 4.69. The van der Waals surface area contributed by atoms with Crippen molar-refractivity contribution in [1.29, 1.82) is 0 Å². The molecule has 17 heavy (non-hydrogen) atoms. The minimum Gasteiger partial charge on any atom is -0.316 e. The van der Waals surface area contributed by atoms with Gasteiger partial charge in [0.05, 0.1) is 10.7 Å². The molecule has 3 rings (SSSR count). The fourth-order valence-corrected chi connectivity index (χ4v) is 4.61. The molecule has 0 spiro atoms. The van der Waals surface area contributed by atoms with Crippen molar-refractivity contribution in [2.75, 3.05) is 7.05 Å². The van der Waals surface area contributed by atoms with Crippen LogP contribution in [0.4, 0.5) is 0 Å². The number of thiazole rings is 1. The zero-order valence-corrected chi connectivity index (χ0v) is 11.6. The Balaban J connectivity index is 1.67. The van der Waals surface area contributed by atoms with Crippen LogP contribution in [0.1, 0.15) is 36.4 Å². The van der Waals surface area contributed by atoms with Gasteiger partial charge >= 0.3 is 0 Å². The van der Waals surface area contributed by atoms with Crippen molar-refractivity contribution in [3.63, 3.8) is 0 Å². The Hall–Kier alpha value is -0.410. The molecule has 1 aromatic rings. The van der Waals surface area contributed by atoms with Gasteiger partial charge in [-0.3, -0.25) is 0 Å². The third-order valence-corrected chi connectivity index (χ3v) is 5.60. The standard InChI is InChI=1S/C14H22N2S/c1-9-16-12(8-17-9)7-14(15-2)13-6-10-3-4-11(13)5-10/h8,10-11,13-15H,3-7H2,1-2H3. The summed E-state index contributed by atoms with van der Waals surface area (Å²) in [6.07, 6.45) is 7.05. The highest BCUT2D eigenvalue weighted by Crippen LogP contribution is 2.49. The zero-order valence-electron chi connectivity index (χ0n) is 10.8. The van der Waals surface area contributed by atoms with Crippen LogP contribution in [-0.4, -0.2) is 18.1 Å². The van der Waals surface area contributed by atoms with Crippen molar-refractivity contribution >= 4 is 11.3 Å². The van der Waals surface area contributed by atoms with Crippen LogP contribution in [0.3, 0.4) is 0 Å². The predicted molar refractivity (Wildman–Crippen MR) is 72.3 cm³/mol. The number of aryl methyl sites for hydroxylation is 1. The molecule has 4 unspecified atom stereocenters. The van der Waals surface area contributed by atoms with E-state index >= 15 is 0 Å². The van der Waals surface area contributed by atoms with E-state index in [-0.39, 0.29) is 0 Å². The molecule has 0 aliphatic heterocycles. The van der Waals surface area contributed by atoms with Gasteiger partial charge in [-0.25, -0.2) is 4.98 Å². The number of aromatic nitrogens is 1. The predicted octanol–water partition coefficient (Wildman–Crippen LogP) is 3.02. The molecule has 0 aromatic carbocycles. The summed E-state index contributed by atoms with van der Waals surface area (Å²) in [4.78, 5) is 4.61. The molecule has 1 aromatic heterocycles. The largest absolute Gasteiger partial charge is 0.316 e. The normalized spacial score (nSPS) is 33.2. The van der Waals surface area contributed by atoms with E-state index in [1.807, 2.05) is 0 Å². The van der Waals surface area contributed by atoms with E-state index in [2.05, 4.69) is 29.7 Å². The highest BCUT2D eigenvalue weighted by atomic mass is 32.1. The monoisotopic (exact) mass is 250 g/mol. The van der Waals surface area contributed by atoms with E-state index in [0.29, 0.717) is 6.04 Å². The van der Waals surface area contributed by atoms with Crippen LogP contribution < -0.4 is 5.32 Å². The Morgan fingerprint density at radius 2 is 2.35 bits per heavy atom. The molecule has 94 valence electrons. The average Bonchev–Trinajstić information content (AvgIpc) is 3.01. The lowest BCUT2D eigenvalue weighted by molar-refractivity contribution is 0.254. The van der Waals surface area contributed by atoms with Crippen molar-refractivity contribution in [2.24, 2.45) is 17.8 Å². The van der Waals surface area contributed by atoms with Gasteiger partial charge in [0.15, 0.2) is 0 Å². The first-order valence-electron chi connectivity index (χ1n) is 6.84.